The molecule has 7 heteroatoms. The fourth-order valence-electron chi connectivity index (χ4n) is 2.60. The number of rotatable bonds is 4. The van der Waals surface area contributed by atoms with Crippen molar-refractivity contribution in [2.45, 2.75) is 13.0 Å². The minimum absolute atomic E-state index is 0.0653. The van der Waals surface area contributed by atoms with Crippen molar-refractivity contribution in [2.75, 3.05) is 16.8 Å². The van der Waals surface area contributed by atoms with Crippen LogP contribution in [0, 0.1) is 0 Å². The summed E-state index contributed by atoms with van der Waals surface area (Å²) in [5.74, 6) is -0.696. The fraction of sp³-hybridized carbons (Fsp3) is 0.167. The highest BCUT2D eigenvalue weighted by Crippen LogP contribution is 2.29. The minimum Gasteiger partial charge on any atom is -0.481 e. The van der Waals surface area contributed by atoms with Crippen LogP contribution in [0.3, 0.4) is 0 Å². The van der Waals surface area contributed by atoms with Crippen LogP contribution < -0.4 is 20.7 Å². The van der Waals surface area contributed by atoms with Crippen LogP contribution >= 0.6 is 0 Å². The molecule has 0 bridgehead atoms. The number of anilines is 2. The Labute approximate surface area is 144 Å². The molecule has 0 aliphatic carbocycles. The highest BCUT2D eigenvalue weighted by atomic mass is 16.5. The van der Waals surface area contributed by atoms with E-state index in [-0.39, 0.29) is 18.4 Å². The van der Waals surface area contributed by atoms with Gasteiger partial charge in [0.2, 0.25) is 11.8 Å². The quantitative estimate of drug-likeness (QED) is 0.882. The van der Waals surface area contributed by atoms with Crippen LogP contribution in [0.25, 0.3) is 0 Å². The average molecular weight is 339 g/mol. The first kappa shape index (κ1) is 16.5. The van der Waals surface area contributed by atoms with Gasteiger partial charge in [-0.05, 0) is 43.3 Å². The molecule has 0 unspecified atom stereocenters. The topological polar surface area (TPSA) is 102 Å². The van der Waals surface area contributed by atoms with Crippen molar-refractivity contribution < 1.29 is 19.1 Å². The van der Waals surface area contributed by atoms with Crippen molar-refractivity contribution in [3.63, 3.8) is 0 Å². The van der Waals surface area contributed by atoms with E-state index in [9.17, 15) is 14.4 Å². The average Bonchev–Trinajstić information content (AvgIpc) is 2.60. The summed E-state index contributed by atoms with van der Waals surface area (Å²) in [6, 6.07) is 13.3. The second-order valence-corrected chi connectivity index (χ2v) is 5.64. The number of para-hydroxylation sites is 2. The van der Waals surface area contributed by atoms with E-state index in [0.29, 0.717) is 22.7 Å². The fourth-order valence-corrected chi connectivity index (χ4v) is 2.60. The zero-order chi connectivity index (χ0) is 18.0. The van der Waals surface area contributed by atoms with Crippen molar-refractivity contribution in [3.05, 3.63) is 54.1 Å². The number of primary amides is 1. The first-order valence-corrected chi connectivity index (χ1v) is 7.72. The van der Waals surface area contributed by atoms with Gasteiger partial charge in [0.15, 0.2) is 6.10 Å². The van der Waals surface area contributed by atoms with Crippen LogP contribution in [0.5, 0.6) is 5.75 Å². The molecule has 25 heavy (non-hydrogen) atoms. The van der Waals surface area contributed by atoms with E-state index in [1.165, 1.54) is 17.0 Å². The zero-order valence-corrected chi connectivity index (χ0v) is 13.6. The predicted molar refractivity (Wildman–Crippen MR) is 92.5 cm³/mol. The Morgan fingerprint density at radius 1 is 1.16 bits per heavy atom. The van der Waals surface area contributed by atoms with Crippen LogP contribution in [-0.4, -0.2) is 30.4 Å². The Morgan fingerprint density at radius 3 is 2.52 bits per heavy atom. The van der Waals surface area contributed by atoms with Crippen molar-refractivity contribution in [2.24, 2.45) is 5.73 Å². The van der Waals surface area contributed by atoms with Gasteiger partial charge in [0, 0.05) is 5.56 Å². The number of ether oxygens (including phenoxy) is 1. The molecule has 3 rings (SSSR count). The number of carbonyl (C=O) groups excluding carboxylic acids is 3. The molecule has 3 N–H and O–H groups in total. The number of benzene rings is 2. The third-order valence-corrected chi connectivity index (χ3v) is 3.84. The molecule has 2 aromatic rings. The summed E-state index contributed by atoms with van der Waals surface area (Å²) in [4.78, 5) is 37.0. The number of hydrogen-bond acceptors (Lipinski definition) is 4. The first-order valence-electron chi connectivity index (χ1n) is 7.72. The SMILES string of the molecule is C[C@@H](Oc1ccc(C(N)=O)cc1)C(=O)N1CC(=O)Nc2ccccc21. The molecule has 0 spiro atoms. The Hall–Kier alpha value is -3.35. The highest BCUT2D eigenvalue weighted by Gasteiger charge is 2.30. The Bertz CT molecular complexity index is 832. The van der Waals surface area contributed by atoms with Gasteiger partial charge < -0.3 is 15.8 Å². The molecular formula is C18H17N3O4. The summed E-state index contributed by atoms with van der Waals surface area (Å²) in [6.07, 6.45) is -0.807. The Balaban J connectivity index is 1.76. The number of hydrogen-bond donors (Lipinski definition) is 2. The van der Waals surface area contributed by atoms with Crippen LogP contribution in [0.4, 0.5) is 11.4 Å². The van der Waals surface area contributed by atoms with Crippen molar-refractivity contribution in [3.8, 4) is 5.75 Å². The standard InChI is InChI=1S/C18H17N3O4/c1-11(25-13-8-6-12(7-9-13)17(19)23)18(24)21-10-16(22)20-14-4-2-3-5-15(14)21/h2-9,11H,10H2,1H3,(H2,19,23)(H,20,22)/t11-/m1/s1. The second kappa shape index (κ2) is 6.64. The van der Waals surface area contributed by atoms with Crippen molar-refractivity contribution in [1.82, 2.24) is 0 Å². The third-order valence-electron chi connectivity index (χ3n) is 3.84. The Kier molecular flexibility index (Phi) is 4.38. The van der Waals surface area contributed by atoms with Gasteiger partial charge in [-0.25, -0.2) is 0 Å². The molecule has 1 aliphatic rings. The Morgan fingerprint density at radius 2 is 1.84 bits per heavy atom. The minimum atomic E-state index is -0.807. The van der Waals surface area contributed by atoms with Gasteiger partial charge in [0.1, 0.15) is 12.3 Å². The third kappa shape index (κ3) is 3.45. The molecule has 0 saturated carbocycles. The van der Waals surface area contributed by atoms with Gasteiger partial charge in [-0.15, -0.1) is 0 Å². The highest BCUT2D eigenvalue weighted by molar-refractivity contribution is 6.10. The molecule has 128 valence electrons. The molecule has 0 radical (unpaired) electrons. The van der Waals surface area contributed by atoms with Crippen molar-refractivity contribution in [1.29, 1.82) is 0 Å². The van der Waals surface area contributed by atoms with Gasteiger partial charge in [-0.2, -0.15) is 0 Å². The summed E-state index contributed by atoms with van der Waals surface area (Å²) in [5.41, 5.74) is 6.76. The number of carbonyl (C=O) groups is 3. The van der Waals surface area contributed by atoms with E-state index in [4.69, 9.17) is 10.5 Å². The van der Waals surface area contributed by atoms with Gasteiger partial charge in [0.05, 0.1) is 11.4 Å². The van der Waals surface area contributed by atoms with Gasteiger partial charge in [-0.1, -0.05) is 12.1 Å². The van der Waals surface area contributed by atoms with Gasteiger partial charge >= 0.3 is 0 Å². The molecule has 3 amide bonds. The van der Waals surface area contributed by atoms with E-state index >= 15 is 0 Å². The first-order chi connectivity index (χ1) is 12.0. The van der Waals surface area contributed by atoms with E-state index < -0.39 is 12.0 Å². The molecule has 0 aromatic heterocycles. The molecule has 1 heterocycles. The maximum Gasteiger partial charge on any atom is 0.268 e. The lowest BCUT2D eigenvalue weighted by Gasteiger charge is -2.31. The number of nitrogens with one attached hydrogen (secondary N) is 1. The largest absolute Gasteiger partial charge is 0.481 e. The van der Waals surface area contributed by atoms with Gasteiger partial charge in [0.25, 0.3) is 5.91 Å². The van der Waals surface area contributed by atoms with Crippen LogP contribution in [0.1, 0.15) is 17.3 Å². The summed E-state index contributed by atoms with van der Waals surface area (Å²) in [5, 5.41) is 2.73. The lowest BCUT2D eigenvalue weighted by molar-refractivity contribution is -0.126. The zero-order valence-electron chi connectivity index (χ0n) is 13.6. The number of amides is 3. The number of fused-ring (bicyclic) bond motifs is 1. The lowest BCUT2D eigenvalue weighted by atomic mass is 10.1. The molecule has 1 aliphatic heterocycles. The molecule has 0 saturated heterocycles. The smallest absolute Gasteiger partial charge is 0.268 e. The summed E-state index contributed by atoms with van der Waals surface area (Å²) < 4.78 is 5.64. The van der Waals surface area contributed by atoms with E-state index in [1.807, 2.05) is 0 Å². The lowest BCUT2D eigenvalue weighted by Crippen LogP contribution is -2.47. The maximum absolute atomic E-state index is 12.7. The molecular weight excluding hydrogens is 322 g/mol. The molecule has 0 fully saturated rings. The van der Waals surface area contributed by atoms with Gasteiger partial charge in [-0.3, -0.25) is 19.3 Å². The molecule has 7 nitrogen and oxygen atoms in total. The van der Waals surface area contributed by atoms with E-state index in [1.54, 1.807) is 43.3 Å². The van der Waals surface area contributed by atoms with Crippen LogP contribution in [0.15, 0.2) is 48.5 Å². The number of nitrogens with zero attached hydrogens (tertiary/aromatic N) is 1. The molecule has 2 aromatic carbocycles. The summed E-state index contributed by atoms with van der Waals surface area (Å²) >= 11 is 0. The molecule has 1 atom stereocenters. The van der Waals surface area contributed by atoms with Crippen LogP contribution in [-0.2, 0) is 9.59 Å². The van der Waals surface area contributed by atoms with E-state index in [2.05, 4.69) is 5.32 Å². The monoisotopic (exact) mass is 339 g/mol. The van der Waals surface area contributed by atoms with E-state index in [0.717, 1.165) is 0 Å². The number of nitrogens with two attached hydrogens (primary N) is 1. The summed E-state index contributed by atoms with van der Waals surface area (Å²) in [6.45, 7) is 1.55. The predicted octanol–water partition coefficient (Wildman–Crippen LogP) is 1.54. The second-order valence-electron chi connectivity index (χ2n) is 5.64. The summed E-state index contributed by atoms with van der Waals surface area (Å²) in [7, 11) is 0. The normalized spacial score (nSPS) is 14.3. The maximum atomic E-state index is 12.7. The van der Waals surface area contributed by atoms with Crippen molar-refractivity contribution >= 4 is 29.1 Å². The van der Waals surface area contributed by atoms with Crippen LogP contribution in [0.2, 0.25) is 0 Å².